The molecule has 1 aliphatic carbocycles. The standard InChI is InChI=1S/C30H31NO6/c1-30(2,3)37-28(34)20-15-13-19(14-16-20)17-26(27(32)33)31(4)29(35)36-18-25-23-11-7-5-9-21(23)22-10-6-8-12-24(22)25/h5-16,25-26H,17-18H2,1-4H3,(H,32,33)/t26-/m0/s1. The minimum Gasteiger partial charge on any atom is -0.480 e. The van der Waals surface area contributed by atoms with Crippen LogP contribution in [0.2, 0.25) is 0 Å². The Balaban J connectivity index is 1.42. The third-order valence-electron chi connectivity index (χ3n) is 6.39. The Morgan fingerprint density at radius 2 is 1.43 bits per heavy atom. The molecule has 0 heterocycles. The van der Waals surface area contributed by atoms with Crippen LogP contribution < -0.4 is 0 Å². The van der Waals surface area contributed by atoms with Crippen molar-refractivity contribution in [1.29, 1.82) is 0 Å². The highest BCUT2D eigenvalue weighted by Crippen LogP contribution is 2.44. The predicted octanol–water partition coefficient (Wildman–Crippen LogP) is 5.52. The summed E-state index contributed by atoms with van der Waals surface area (Å²) in [5.41, 5.74) is 4.82. The van der Waals surface area contributed by atoms with Gasteiger partial charge < -0.3 is 14.6 Å². The fourth-order valence-corrected chi connectivity index (χ4v) is 4.55. The number of rotatable bonds is 7. The lowest BCUT2D eigenvalue weighted by Crippen LogP contribution is -2.44. The van der Waals surface area contributed by atoms with Gasteiger partial charge in [0.15, 0.2) is 0 Å². The van der Waals surface area contributed by atoms with Gasteiger partial charge in [-0.3, -0.25) is 4.90 Å². The number of carboxylic acids is 1. The largest absolute Gasteiger partial charge is 0.480 e. The number of fused-ring (bicyclic) bond motifs is 3. The van der Waals surface area contributed by atoms with Crippen LogP contribution in [0.25, 0.3) is 11.1 Å². The van der Waals surface area contributed by atoms with Crippen LogP contribution in [0.1, 0.15) is 53.7 Å². The quantitative estimate of drug-likeness (QED) is 0.429. The van der Waals surface area contributed by atoms with Crippen molar-refractivity contribution in [3.63, 3.8) is 0 Å². The monoisotopic (exact) mass is 501 g/mol. The molecule has 0 aromatic heterocycles. The van der Waals surface area contributed by atoms with E-state index in [1.54, 1.807) is 45.0 Å². The van der Waals surface area contributed by atoms with E-state index >= 15 is 0 Å². The first-order valence-electron chi connectivity index (χ1n) is 12.2. The van der Waals surface area contributed by atoms with Gasteiger partial charge in [-0.25, -0.2) is 14.4 Å². The van der Waals surface area contributed by atoms with Gasteiger partial charge in [-0.1, -0.05) is 60.7 Å². The number of amides is 1. The normalized spacial score (nSPS) is 13.3. The van der Waals surface area contributed by atoms with Crippen LogP contribution >= 0.6 is 0 Å². The van der Waals surface area contributed by atoms with Crippen LogP contribution in [-0.4, -0.2) is 53.3 Å². The first-order valence-corrected chi connectivity index (χ1v) is 12.2. The summed E-state index contributed by atoms with van der Waals surface area (Å²) in [6.45, 7) is 5.47. The molecule has 0 unspecified atom stereocenters. The molecule has 0 fully saturated rings. The van der Waals surface area contributed by atoms with Gasteiger partial charge in [0.2, 0.25) is 0 Å². The summed E-state index contributed by atoms with van der Waals surface area (Å²) in [7, 11) is 1.42. The van der Waals surface area contributed by atoms with Crippen LogP contribution in [0.5, 0.6) is 0 Å². The van der Waals surface area contributed by atoms with Gasteiger partial charge in [-0.05, 0) is 60.7 Å². The van der Waals surface area contributed by atoms with E-state index in [-0.39, 0.29) is 18.9 Å². The Morgan fingerprint density at radius 1 is 0.892 bits per heavy atom. The second kappa shape index (κ2) is 10.5. The summed E-state index contributed by atoms with van der Waals surface area (Å²) in [5.74, 6) is -1.72. The number of carbonyl (C=O) groups excluding carboxylic acids is 2. The number of carboxylic acid groups (broad SMARTS) is 1. The molecule has 7 nitrogen and oxygen atoms in total. The summed E-state index contributed by atoms with van der Waals surface area (Å²) < 4.78 is 11.0. The van der Waals surface area contributed by atoms with Crippen molar-refractivity contribution in [2.75, 3.05) is 13.7 Å². The second-order valence-corrected chi connectivity index (χ2v) is 10.2. The maximum atomic E-state index is 12.9. The number of nitrogens with zero attached hydrogens (tertiary/aromatic N) is 1. The van der Waals surface area contributed by atoms with Crippen molar-refractivity contribution >= 4 is 18.0 Å². The molecule has 0 radical (unpaired) electrons. The minimum atomic E-state index is -1.15. The first-order chi connectivity index (χ1) is 17.5. The molecule has 1 amide bonds. The zero-order valence-electron chi connectivity index (χ0n) is 21.4. The lowest BCUT2D eigenvalue weighted by Gasteiger charge is -2.25. The molecule has 3 aromatic carbocycles. The van der Waals surface area contributed by atoms with Crippen LogP contribution in [0.3, 0.4) is 0 Å². The van der Waals surface area contributed by atoms with E-state index in [1.165, 1.54) is 7.05 Å². The number of esters is 1. The van der Waals surface area contributed by atoms with Gasteiger partial charge in [-0.15, -0.1) is 0 Å². The first kappa shape index (κ1) is 25.9. The molecule has 1 atom stereocenters. The zero-order valence-corrected chi connectivity index (χ0v) is 21.4. The van der Waals surface area contributed by atoms with Crippen molar-refractivity contribution in [2.45, 2.75) is 44.8 Å². The lowest BCUT2D eigenvalue weighted by atomic mass is 9.98. The second-order valence-electron chi connectivity index (χ2n) is 10.2. The van der Waals surface area contributed by atoms with Gasteiger partial charge >= 0.3 is 18.0 Å². The summed E-state index contributed by atoms with van der Waals surface area (Å²) in [5, 5.41) is 9.84. The van der Waals surface area contributed by atoms with Gasteiger partial charge in [0.1, 0.15) is 18.2 Å². The van der Waals surface area contributed by atoms with E-state index < -0.39 is 29.7 Å². The highest BCUT2D eigenvalue weighted by molar-refractivity contribution is 5.89. The maximum absolute atomic E-state index is 12.9. The Morgan fingerprint density at radius 3 is 1.95 bits per heavy atom. The third kappa shape index (κ3) is 5.82. The number of hydrogen-bond acceptors (Lipinski definition) is 5. The molecule has 1 aliphatic rings. The van der Waals surface area contributed by atoms with E-state index in [0.717, 1.165) is 27.2 Å². The molecule has 0 saturated carbocycles. The Bertz CT molecular complexity index is 1260. The zero-order chi connectivity index (χ0) is 26.7. The summed E-state index contributed by atoms with van der Waals surface area (Å²) in [4.78, 5) is 38.3. The number of hydrogen-bond donors (Lipinski definition) is 1. The van der Waals surface area contributed by atoms with Crippen molar-refractivity contribution in [1.82, 2.24) is 4.90 Å². The van der Waals surface area contributed by atoms with E-state index in [2.05, 4.69) is 12.1 Å². The number of likely N-dealkylation sites (N-methyl/N-ethyl adjacent to an activating group) is 1. The molecule has 192 valence electrons. The molecule has 0 saturated heterocycles. The topological polar surface area (TPSA) is 93.1 Å². The average molecular weight is 502 g/mol. The minimum absolute atomic E-state index is 0.0601. The molecular weight excluding hydrogens is 470 g/mol. The molecule has 7 heteroatoms. The summed E-state index contributed by atoms with van der Waals surface area (Å²) >= 11 is 0. The van der Waals surface area contributed by atoms with Crippen LogP contribution in [0, 0.1) is 0 Å². The van der Waals surface area contributed by atoms with Crippen molar-refractivity contribution in [2.24, 2.45) is 0 Å². The highest BCUT2D eigenvalue weighted by Gasteiger charge is 2.32. The van der Waals surface area contributed by atoms with Gasteiger partial charge in [0, 0.05) is 19.4 Å². The van der Waals surface area contributed by atoms with Gasteiger partial charge in [-0.2, -0.15) is 0 Å². The molecule has 37 heavy (non-hydrogen) atoms. The van der Waals surface area contributed by atoms with Crippen molar-refractivity contribution in [3.8, 4) is 11.1 Å². The molecule has 4 rings (SSSR count). The van der Waals surface area contributed by atoms with E-state index in [1.807, 2.05) is 36.4 Å². The predicted molar refractivity (Wildman–Crippen MR) is 140 cm³/mol. The lowest BCUT2D eigenvalue weighted by molar-refractivity contribution is -0.142. The molecule has 1 N–H and O–H groups in total. The molecule has 3 aromatic rings. The van der Waals surface area contributed by atoms with E-state index in [0.29, 0.717) is 11.1 Å². The Labute approximate surface area is 216 Å². The molecular formula is C30H31NO6. The fourth-order valence-electron chi connectivity index (χ4n) is 4.55. The van der Waals surface area contributed by atoms with Crippen LogP contribution in [0.4, 0.5) is 4.79 Å². The SMILES string of the molecule is CN(C(=O)OCC1c2ccccc2-c2ccccc21)[C@@H](Cc1ccc(C(=O)OC(C)(C)C)cc1)C(=O)O. The Kier molecular flexibility index (Phi) is 7.34. The van der Waals surface area contributed by atoms with E-state index in [4.69, 9.17) is 9.47 Å². The molecule has 0 bridgehead atoms. The van der Waals surface area contributed by atoms with Crippen molar-refractivity contribution < 1.29 is 29.0 Å². The van der Waals surface area contributed by atoms with Crippen LogP contribution in [-0.2, 0) is 20.7 Å². The highest BCUT2D eigenvalue weighted by atomic mass is 16.6. The van der Waals surface area contributed by atoms with Crippen LogP contribution in [0.15, 0.2) is 72.8 Å². The Hall–Kier alpha value is -4.13. The number of benzene rings is 3. The third-order valence-corrected chi connectivity index (χ3v) is 6.39. The number of carbonyl (C=O) groups is 3. The smallest absolute Gasteiger partial charge is 0.410 e. The summed E-state index contributed by atoms with van der Waals surface area (Å²) in [6.07, 6.45) is -0.649. The van der Waals surface area contributed by atoms with E-state index in [9.17, 15) is 19.5 Å². The molecule has 0 spiro atoms. The van der Waals surface area contributed by atoms with Crippen molar-refractivity contribution in [3.05, 3.63) is 95.1 Å². The maximum Gasteiger partial charge on any atom is 0.410 e. The molecule has 0 aliphatic heterocycles. The summed E-state index contributed by atoms with van der Waals surface area (Å²) in [6, 6.07) is 21.4. The van der Waals surface area contributed by atoms with Gasteiger partial charge in [0.25, 0.3) is 0 Å². The number of aliphatic carboxylic acids is 1. The number of ether oxygens (including phenoxy) is 2. The fraction of sp³-hybridized carbons (Fsp3) is 0.300. The van der Waals surface area contributed by atoms with Gasteiger partial charge in [0.05, 0.1) is 5.56 Å². The average Bonchev–Trinajstić information content (AvgIpc) is 3.18.